The molecule has 0 bridgehead atoms. The van der Waals surface area contributed by atoms with Crippen molar-refractivity contribution in [1.29, 1.82) is 0 Å². The summed E-state index contributed by atoms with van der Waals surface area (Å²) in [7, 11) is 0. The Kier molecular flexibility index (Phi) is 2.67. The van der Waals surface area contributed by atoms with Crippen LogP contribution in [-0.4, -0.2) is 4.57 Å². The van der Waals surface area contributed by atoms with E-state index >= 15 is 0 Å². The molecule has 0 aliphatic heterocycles. The van der Waals surface area contributed by atoms with Crippen molar-refractivity contribution in [3.8, 4) is 5.69 Å². The molecule has 0 atom stereocenters. The molecular formula is C15H12IN. The first-order valence-electron chi connectivity index (χ1n) is 5.59. The van der Waals surface area contributed by atoms with Gasteiger partial charge < -0.3 is 4.57 Å². The lowest BCUT2D eigenvalue weighted by molar-refractivity contribution is 1.11. The van der Waals surface area contributed by atoms with Crippen LogP contribution in [0.5, 0.6) is 0 Å². The Labute approximate surface area is 114 Å². The number of hydrogen-bond donors (Lipinski definition) is 0. The Morgan fingerprint density at radius 2 is 1.76 bits per heavy atom. The van der Waals surface area contributed by atoms with Gasteiger partial charge >= 0.3 is 0 Å². The molecule has 1 nitrogen and oxygen atoms in total. The number of aryl methyl sites for hydroxylation is 1. The van der Waals surface area contributed by atoms with Gasteiger partial charge in [0.2, 0.25) is 0 Å². The fourth-order valence-corrected chi connectivity index (χ4v) is 2.87. The molecule has 84 valence electrons. The zero-order chi connectivity index (χ0) is 11.8. The first-order valence-corrected chi connectivity index (χ1v) is 6.67. The van der Waals surface area contributed by atoms with E-state index in [9.17, 15) is 0 Å². The number of para-hydroxylation sites is 2. The number of benzene rings is 2. The van der Waals surface area contributed by atoms with E-state index in [2.05, 4.69) is 88.8 Å². The summed E-state index contributed by atoms with van der Waals surface area (Å²) in [6, 6.07) is 17.1. The molecule has 0 N–H and O–H groups in total. The molecule has 3 aromatic rings. The summed E-state index contributed by atoms with van der Waals surface area (Å²) in [6.07, 6.45) is 2.15. The molecule has 0 aliphatic rings. The normalized spacial score (nSPS) is 10.9. The van der Waals surface area contributed by atoms with E-state index in [1.807, 2.05) is 0 Å². The molecule has 0 radical (unpaired) electrons. The predicted octanol–water partition coefficient (Wildman–Crippen LogP) is 4.54. The van der Waals surface area contributed by atoms with Gasteiger partial charge in [0.25, 0.3) is 0 Å². The summed E-state index contributed by atoms with van der Waals surface area (Å²) < 4.78 is 3.54. The molecule has 0 saturated heterocycles. The highest BCUT2D eigenvalue weighted by atomic mass is 127. The highest BCUT2D eigenvalue weighted by Crippen LogP contribution is 2.25. The van der Waals surface area contributed by atoms with Crippen molar-refractivity contribution in [1.82, 2.24) is 4.57 Å². The van der Waals surface area contributed by atoms with Crippen LogP contribution in [0.15, 0.2) is 54.7 Å². The van der Waals surface area contributed by atoms with Gasteiger partial charge in [0.05, 0.1) is 11.2 Å². The van der Waals surface area contributed by atoms with Gasteiger partial charge in [-0.3, -0.25) is 0 Å². The maximum absolute atomic E-state index is 2.39. The predicted molar refractivity (Wildman–Crippen MR) is 80.7 cm³/mol. The zero-order valence-corrected chi connectivity index (χ0v) is 11.7. The number of halogens is 1. The standard InChI is InChI=1S/C15H12IN/c1-11-5-4-6-12-9-10-17(15(11)12)14-8-3-2-7-13(14)16/h2-10H,1H3. The first-order chi connectivity index (χ1) is 8.27. The van der Waals surface area contributed by atoms with Crippen LogP contribution in [0.3, 0.4) is 0 Å². The van der Waals surface area contributed by atoms with Gasteiger partial charge in [-0.05, 0) is 53.3 Å². The summed E-state index contributed by atoms with van der Waals surface area (Å²) in [5, 5.41) is 1.30. The van der Waals surface area contributed by atoms with E-state index in [0.717, 1.165) is 0 Å². The van der Waals surface area contributed by atoms with Crippen LogP contribution in [0.4, 0.5) is 0 Å². The van der Waals surface area contributed by atoms with Gasteiger partial charge in [-0.25, -0.2) is 0 Å². The topological polar surface area (TPSA) is 4.93 Å². The minimum Gasteiger partial charge on any atom is -0.315 e. The van der Waals surface area contributed by atoms with Gasteiger partial charge in [0, 0.05) is 15.2 Å². The first kappa shape index (κ1) is 10.8. The fraction of sp³-hybridized carbons (Fsp3) is 0.0667. The fourth-order valence-electron chi connectivity index (χ4n) is 2.22. The number of rotatable bonds is 1. The van der Waals surface area contributed by atoms with Crippen LogP contribution in [0, 0.1) is 10.5 Å². The second-order valence-electron chi connectivity index (χ2n) is 4.15. The number of fused-ring (bicyclic) bond motifs is 1. The Hall–Kier alpha value is -1.29. The molecule has 17 heavy (non-hydrogen) atoms. The van der Waals surface area contributed by atoms with E-state index in [1.165, 1.54) is 25.7 Å². The van der Waals surface area contributed by atoms with Crippen LogP contribution >= 0.6 is 22.6 Å². The molecule has 0 fully saturated rings. The Bertz CT molecular complexity index is 682. The molecule has 0 amide bonds. The molecule has 0 aliphatic carbocycles. The lowest BCUT2D eigenvalue weighted by Gasteiger charge is -2.09. The van der Waals surface area contributed by atoms with Crippen molar-refractivity contribution < 1.29 is 0 Å². The molecule has 1 aromatic heterocycles. The van der Waals surface area contributed by atoms with Crippen LogP contribution in [-0.2, 0) is 0 Å². The number of nitrogens with zero attached hydrogens (tertiary/aromatic N) is 1. The maximum atomic E-state index is 2.39. The van der Waals surface area contributed by atoms with Gasteiger partial charge in [-0.2, -0.15) is 0 Å². The highest BCUT2D eigenvalue weighted by molar-refractivity contribution is 14.1. The van der Waals surface area contributed by atoms with Crippen molar-refractivity contribution in [2.45, 2.75) is 6.92 Å². The van der Waals surface area contributed by atoms with E-state index in [4.69, 9.17) is 0 Å². The van der Waals surface area contributed by atoms with Crippen molar-refractivity contribution in [2.24, 2.45) is 0 Å². The number of aromatic nitrogens is 1. The Morgan fingerprint density at radius 3 is 2.59 bits per heavy atom. The molecule has 3 rings (SSSR count). The summed E-state index contributed by atoms with van der Waals surface area (Å²) >= 11 is 2.39. The van der Waals surface area contributed by atoms with E-state index < -0.39 is 0 Å². The molecule has 1 heterocycles. The van der Waals surface area contributed by atoms with Gasteiger partial charge in [0.1, 0.15) is 0 Å². The molecular weight excluding hydrogens is 321 g/mol. The average molecular weight is 333 g/mol. The molecule has 2 aromatic carbocycles. The second-order valence-corrected chi connectivity index (χ2v) is 5.31. The van der Waals surface area contributed by atoms with Crippen molar-refractivity contribution in [3.05, 3.63) is 63.9 Å². The third-order valence-corrected chi connectivity index (χ3v) is 3.94. The summed E-state index contributed by atoms with van der Waals surface area (Å²) in [4.78, 5) is 0. The van der Waals surface area contributed by atoms with Crippen molar-refractivity contribution in [2.75, 3.05) is 0 Å². The average Bonchev–Trinajstić information content (AvgIpc) is 2.75. The largest absolute Gasteiger partial charge is 0.315 e. The van der Waals surface area contributed by atoms with Crippen LogP contribution in [0.2, 0.25) is 0 Å². The highest BCUT2D eigenvalue weighted by Gasteiger charge is 2.07. The SMILES string of the molecule is Cc1cccc2ccn(-c3ccccc3I)c12. The smallest absolute Gasteiger partial charge is 0.0589 e. The van der Waals surface area contributed by atoms with Gasteiger partial charge in [-0.1, -0.05) is 30.3 Å². The van der Waals surface area contributed by atoms with Crippen molar-refractivity contribution in [3.63, 3.8) is 0 Å². The maximum Gasteiger partial charge on any atom is 0.0589 e. The summed E-state index contributed by atoms with van der Waals surface area (Å²) in [5.41, 5.74) is 3.86. The Morgan fingerprint density at radius 1 is 0.941 bits per heavy atom. The van der Waals surface area contributed by atoms with Crippen LogP contribution < -0.4 is 0 Å². The number of hydrogen-bond acceptors (Lipinski definition) is 0. The molecule has 2 heteroatoms. The quantitative estimate of drug-likeness (QED) is 0.576. The lowest BCUT2D eigenvalue weighted by atomic mass is 10.1. The van der Waals surface area contributed by atoms with Gasteiger partial charge in [0.15, 0.2) is 0 Å². The summed E-state index contributed by atoms with van der Waals surface area (Å²) in [5.74, 6) is 0. The van der Waals surface area contributed by atoms with E-state index in [-0.39, 0.29) is 0 Å². The van der Waals surface area contributed by atoms with E-state index in [1.54, 1.807) is 0 Å². The third kappa shape index (κ3) is 1.76. The minimum atomic E-state index is 1.25. The molecule has 0 spiro atoms. The second kappa shape index (κ2) is 4.18. The van der Waals surface area contributed by atoms with E-state index in [0.29, 0.717) is 0 Å². The van der Waals surface area contributed by atoms with Gasteiger partial charge in [-0.15, -0.1) is 0 Å². The molecule has 0 unspecified atom stereocenters. The van der Waals surface area contributed by atoms with Crippen LogP contribution in [0.25, 0.3) is 16.6 Å². The van der Waals surface area contributed by atoms with Crippen LogP contribution in [0.1, 0.15) is 5.56 Å². The Balaban J connectivity index is 2.36. The summed E-state index contributed by atoms with van der Waals surface area (Å²) in [6.45, 7) is 2.16. The zero-order valence-electron chi connectivity index (χ0n) is 9.52. The minimum absolute atomic E-state index is 1.25. The third-order valence-electron chi connectivity index (χ3n) is 3.03. The lowest BCUT2D eigenvalue weighted by Crippen LogP contribution is -1.95. The monoisotopic (exact) mass is 333 g/mol. The van der Waals surface area contributed by atoms with Crippen molar-refractivity contribution >= 4 is 33.5 Å². The molecule has 0 saturated carbocycles.